The molecule has 186 valence electrons. The van der Waals surface area contributed by atoms with Crippen LogP contribution in [-0.4, -0.2) is 59.2 Å². The third-order valence-electron chi connectivity index (χ3n) is 6.62. The zero-order valence-corrected chi connectivity index (χ0v) is 19.8. The van der Waals surface area contributed by atoms with Gasteiger partial charge in [0.1, 0.15) is 17.7 Å². The summed E-state index contributed by atoms with van der Waals surface area (Å²) in [6.07, 6.45) is 3.43. The van der Waals surface area contributed by atoms with Crippen LogP contribution in [0.15, 0.2) is 66.9 Å². The minimum Gasteiger partial charge on any atom is -0.490 e. The molecule has 2 fully saturated rings. The van der Waals surface area contributed by atoms with Crippen molar-refractivity contribution in [2.45, 2.75) is 25.4 Å². The third kappa shape index (κ3) is 5.79. The Bertz CT molecular complexity index is 1180. The van der Waals surface area contributed by atoms with Crippen LogP contribution in [0.2, 0.25) is 0 Å². The Labute approximate surface area is 209 Å². The molecule has 2 amide bonds. The summed E-state index contributed by atoms with van der Waals surface area (Å²) in [5.41, 5.74) is 1.54. The fraction of sp³-hybridized carbons (Fsp3) is 0.333. The van der Waals surface area contributed by atoms with Crippen LogP contribution in [0.25, 0.3) is 0 Å². The van der Waals surface area contributed by atoms with E-state index in [9.17, 15) is 14.0 Å². The Kier molecular flexibility index (Phi) is 7.06. The molecule has 0 radical (unpaired) electrons. The molecule has 0 unspecified atom stereocenters. The molecule has 2 saturated heterocycles. The highest BCUT2D eigenvalue weighted by Gasteiger charge is 2.33. The lowest BCUT2D eigenvalue weighted by Gasteiger charge is -2.38. The predicted octanol–water partition coefficient (Wildman–Crippen LogP) is 3.30. The van der Waals surface area contributed by atoms with E-state index in [1.54, 1.807) is 18.3 Å². The lowest BCUT2D eigenvalue weighted by atomic mass is 9.99. The molecule has 2 aromatic carbocycles. The number of hydrogen-bond acceptors (Lipinski definition) is 6. The molecule has 0 spiro atoms. The lowest BCUT2D eigenvalue weighted by Crippen LogP contribution is -2.52. The maximum absolute atomic E-state index is 13.1. The number of nitrogens with zero attached hydrogens (tertiary/aromatic N) is 4. The second-order valence-corrected chi connectivity index (χ2v) is 9.20. The molecule has 2 aliphatic heterocycles. The molecule has 8 nitrogen and oxygen atoms in total. The zero-order chi connectivity index (χ0) is 24.9. The second-order valence-electron chi connectivity index (χ2n) is 9.20. The van der Waals surface area contributed by atoms with Crippen molar-refractivity contribution < 1.29 is 18.7 Å². The maximum Gasteiger partial charge on any atom is 0.231 e. The minimum atomic E-state index is -0.302. The van der Waals surface area contributed by atoms with E-state index in [-0.39, 0.29) is 36.1 Å². The summed E-state index contributed by atoms with van der Waals surface area (Å²) in [6, 6.07) is 17.2. The van der Waals surface area contributed by atoms with Crippen molar-refractivity contribution in [1.82, 2.24) is 15.1 Å². The van der Waals surface area contributed by atoms with Gasteiger partial charge in [-0.2, -0.15) is 5.10 Å². The van der Waals surface area contributed by atoms with Gasteiger partial charge in [-0.15, -0.1) is 5.10 Å². The zero-order valence-electron chi connectivity index (χ0n) is 19.8. The number of ether oxygens (including phenoxy) is 1. The molecular formula is C27H28FN5O3. The second kappa shape index (κ2) is 10.7. The number of hydrogen-bond donors (Lipinski definition) is 1. The van der Waals surface area contributed by atoms with E-state index < -0.39 is 0 Å². The number of benzene rings is 2. The van der Waals surface area contributed by atoms with Crippen LogP contribution in [0.5, 0.6) is 5.75 Å². The summed E-state index contributed by atoms with van der Waals surface area (Å²) in [5, 5.41) is 10.9. The number of likely N-dealkylation sites (tertiary alicyclic amines) is 1. The average Bonchev–Trinajstić information content (AvgIpc) is 2.87. The minimum absolute atomic E-state index is 0.0125. The van der Waals surface area contributed by atoms with Crippen LogP contribution in [0, 0.1) is 11.7 Å². The molecule has 0 bridgehead atoms. The summed E-state index contributed by atoms with van der Waals surface area (Å²) in [4.78, 5) is 29.0. The summed E-state index contributed by atoms with van der Waals surface area (Å²) in [6.45, 7) is 2.51. The number of aromatic nitrogens is 2. The number of rotatable bonds is 7. The van der Waals surface area contributed by atoms with Crippen molar-refractivity contribution in [2.24, 2.45) is 5.92 Å². The quantitative estimate of drug-likeness (QED) is 0.548. The summed E-state index contributed by atoms with van der Waals surface area (Å²) in [7, 11) is 0. The fourth-order valence-corrected chi connectivity index (χ4v) is 4.46. The van der Waals surface area contributed by atoms with Gasteiger partial charge in [0.05, 0.1) is 12.3 Å². The fourth-order valence-electron chi connectivity index (χ4n) is 4.46. The van der Waals surface area contributed by atoms with Crippen molar-refractivity contribution in [3.05, 3.63) is 78.2 Å². The Morgan fingerprint density at radius 3 is 2.39 bits per heavy atom. The Hall–Kier alpha value is -4.01. The first kappa shape index (κ1) is 23.7. The predicted molar refractivity (Wildman–Crippen MR) is 133 cm³/mol. The maximum atomic E-state index is 13.1. The van der Waals surface area contributed by atoms with Crippen LogP contribution >= 0.6 is 0 Å². The van der Waals surface area contributed by atoms with Gasteiger partial charge in [-0.1, -0.05) is 12.1 Å². The molecule has 3 aromatic rings. The van der Waals surface area contributed by atoms with Gasteiger partial charge in [0, 0.05) is 50.9 Å². The first-order valence-electron chi connectivity index (χ1n) is 12.2. The Morgan fingerprint density at radius 1 is 1.00 bits per heavy atom. The highest BCUT2D eigenvalue weighted by atomic mass is 19.1. The molecule has 3 heterocycles. The average molecular weight is 490 g/mol. The summed E-state index contributed by atoms with van der Waals surface area (Å²) >= 11 is 0. The van der Waals surface area contributed by atoms with Crippen LogP contribution in [0.3, 0.4) is 0 Å². The molecule has 2 aliphatic rings. The third-order valence-corrected chi connectivity index (χ3v) is 6.62. The van der Waals surface area contributed by atoms with E-state index in [2.05, 4.69) is 15.5 Å². The first-order chi connectivity index (χ1) is 17.5. The molecule has 1 N–H and O–H groups in total. The van der Waals surface area contributed by atoms with Gasteiger partial charge in [-0.3, -0.25) is 9.59 Å². The van der Waals surface area contributed by atoms with Gasteiger partial charge >= 0.3 is 0 Å². The van der Waals surface area contributed by atoms with E-state index in [1.165, 1.54) is 12.1 Å². The largest absolute Gasteiger partial charge is 0.490 e. The monoisotopic (exact) mass is 489 g/mol. The van der Waals surface area contributed by atoms with E-state index in [0.29, 0.717) is 26.2 Å². The molecule has 5 rings (SSSR count). The van der Waals surface area contributed by atoms with Crippen molar-refractivity contribution in [1.29, 1.82) is 0 Å². The van der Waals surface area contributed by atoms with E-state index in [4.69, 9.17) is 4.74 Å². The highest BCUT2D eigenvalue weighted by molar-refractivity contribution is 5.94. The molecule has 1 aromatic heterocycles. The number of carbonyl (C=O) groups excluding carboxylic acids is 2. The molecule has 36 heavy (non-hydrogen) atoms. The van der Waals surface area contributed by atoms with E-state index in [1.807, 2.05) is 46.2 Å². The standard InChI is InChI=1S/C27H28FN5O3/c28-21-5-3-19(4-6-21)16-26(34)32-14-11-24(12-15-32)36-23-9-7-22(8-10-23)30-27(35)20-17-33(18-20)25-2-1-13-29-31-25/h1-10,13,20,24H,11-12,14-18H2,(H,30,35). The number of amides is 2. The number of piperidine rings is 1. The first-order valence-corrected chi connectivity index (χ1v) is 12.2. The van der Waals surface area contributed by atoms with Crippen molar-refractivity contribution in [2.75, 3.05) is 36.4 Å². The van der Waals surface area contributed by atoms with Crippen molar-refractivity contribution in [3.63, 3.8) is 0 Å². The Morgan fingerprint density at radius 2 is 1.72 bits per heavy atom. The molecule has 9 heteroatoms. The number of anilines is 2. The van der Waals surface area contributed by atoms with E-state index >= 15 is 0 Å². The van der Waals surface area contributed by atoms with Crippen LogP contribution < -0.4 is 15.0 Å². The van der Waals surface area contributed by atoms with Crippen molar-refractivity contribution in [3.8, 4) is 5.75 Å². The van der Waals surface area contributed by atoms with Crippen molar-refractivity contribution >= 4 is 23.3 Å². The highest BCUT2D eigenvalue weighted by Crippen LogP contribution is 2.25. The SMILES string of the molecule is O=C(Nc1ccc(OC2CCN(C(=O)Cc3ccc(F)cc3)CC2)cc1)C1CN(c2cccnn2)C1. The number of halogens is 1. The smallest absolute Gasteiger partial charge is 0.231 e. The lowest BCUT2D eigenvalue weighted by molar-refractivity contribution is -0.132. The van der Waals surface area contributed by atoms with Gasteiger partial charge < -0.3 is 19.9 Å². The van der Waals surface area contributed by atoms with Gasteiger partial charge in [0.25, 0.3) is 0 Å². The van der Waals surface area contributed by atoms with Crippen LogP contribution in [-0.2, 0) is 16.0 Å². The summed E-state index contributed by atoms with van der Waals surface area (Å²) < 4.78 is 19.2. The van der Waals surface area contributed by atoms with Gasteiger partial charge in [-0.25, -0.2) is 4.39 Å². The summed E-state index contributed by atoms with van der Waals surface area (Å²) in [5.74, 6) is 1.17. The van der Waals surface area contributed by atoms with Gasteiger partial charge in [0.15, 0.2) is 5.82 Å². The van der Waals surface area contributed by atoms with Gasteiger partial charge in [0.2, 0.25) is 11.8 Å². The van der Waals surface area contributed by atoms with Gasteiger partial charge in [-0.05, 0) is 54.1 Å². The Balaban J connectivity index is 1.04. The van der Waals surface area contributed by atoms with Crippen LogP contribution in [0.1, 0.15) is 18.4 Å². The normalized spacial score (nSPS) is 16.4. The topological polar surface area (TPSA) is 87.7 Å². The van der Waals surface area contributed by atoms with E-state index in [0.717, 1.165) is 35.7 Å². The number of carbonyl (C=O) groups is 2. The molecule has 0 atom stereocenters. The molecule has 0 saturated carbocycles. The van der Waals surface area contributed by atoms with Crippen LogP contribution in [0.4, 0.5) is 15.9 Å². The molecular weight excluding hydrogens is 461 g/mol. The number of nitrogens with one attached hydrogen (secondary N) is 1. The molecule has 0 aliphatic carbocycles.